The largest absolute Gasteiger partial charge is 0.196 e. The van der Waals surface area contributed by atoms with E-state index in [1.54, 1.807) is 0 Å². The van der Waals surface area contributed by atoms with Gasteiger partial charge in [0.15, 0.2) is 0 Å². The molecule has 0 fully saturated rings. The van der Waals surface area contributed by atoms with Crippen LogP contribution in [0.2, 0.25) is 0 Å². The van der Waals surface area contributed by atoms with Crippen LogP contribution in [0.4, 0.5) is 0 Å². The van der Waals surface area contributed by atoms with Gasteiger partial charge in [0.25, 0.3) is 0 Å². The Balaban J connectivity index is 0. The third-order valence-corrected chi connectivity index (χ3v) is 9.75. The molecule has 0 saturated carbocycles. The first kappa shape index (κ1) is 31.8. The van der Waals surface area contributed by atoms with Crippen molar-refractivity contribution in [3.63, 3.8) is 0 Å². The standard InChI is InChI=1S/2C10H15.C6H16P2.U/c2*1-6-7(2)9(4)10(5)8(6)3;1-7(2)5-6-8(3)4;/h2*1-5H3;5-6H2,1-4H3;/q2*-1;;/p+2. The molecule has 0 aliphatic rings. The van der Waals surface area contributed by atoms with Crippen molar-refractivity contribution in [2.24, 2.45) is 0 Å². The Hall–Kier alpha value is 0.612. The molecule has 0 nitrogen and oxygen atoms in total. The first-order chi connectivity index (χ1) is 12.7. The molecule has 2 aromatic rings. The summed E-state index contributed by atoms with van der Waals surface area (Å²) in [5, 5.41) is 0. The van der Waals surface area contributed by atoms with Crippen LogP contribution in [-0.2, 0) is 0 Å². The van der Waals surface area contributed by atoms with Gasteiger partial charge in [-0.15, -0.1) is 0 Å². The molecule has 0 N–H and O–H groups in total. The van der Waals surface area contributed by atoms with E-state index in [-0.39, 0.29) is 47.0 Å². The van der Waals surface area contributed by atoms with Gasteiger partial charge in [0.05, 0.1) is 12.3 Å². The fraction of sp³-hybridized carbons (Fsp3) is 0.615. The quantitative estimate of drug-likeness (QED) is 0.233. The molecule has 0 aromatic heterocycles. The van der Waals surface area contributed by atoms with E-state index >= 15 is 0 Å². The molecule has 0 atom stereocenters. The molecule has 0 aliphatic carbocycles. The van der Waals surface area contributed by atoms with E-state index < -0.39 is 0 Å². The van der Waals surface area contributed by atoms with Crippen LogP contribution < -0.4 is 0 Å². The van der Waals surface area contributed by atoms with Crippen LogP contribution in [0.5, 0.6) is 0 Å². The van der Waals surface area contributed by atoms with Crippen molar-refractivity contribution in [2.75, 3.05) is 39.0 Å². The monoisotopic (exact) mass is 660 g/mol. The van der Waals surface area contributed by atoms with Gasteiger partial charge in [0, 0.05) is 57.8 Å². The summed E-state index contributed by atoms with van der Waals surface area (Å²) in [7, 11) is 0.191. The Labute approximate surface area is 209 Å². The zero-order valence-corrected chi connectivity index (χ0v) is 28.1. The molecule has 0 amide bonds. The minimum atomic E-state index is 0. The molecule has 166 valence electrons. The Morgan fingerprint density at radius 1 is 0.483 bits per heavy atom. The van der Waals surface area contributed by atoms with E-state index in [1.807, 2.05) is 0 Å². The molecule has 0 bridgehead atoms. The fourth-order valence-electron chi connectivity index (χ4n) is 3.31. The maximum atomic E-state index is 2.40. The Morgan fingerprint density at radius 3 is 0.724 bits per heavy atom. The SMILES string of the molecule is C[PH+](C)CC[PH+](C)C.Cc1c(C)c(C)[c-](C)c1C.Cc1c(C)c(C)[c-](C)c1C.[U]. The summed E-state index contributed by atoms with van der Waals surface area (Å²) < 4.78 is 0. The zero-order valence-electron chi connectivity index (χ0n) is 21.9. The summed E-state index contributed by atoms with van der Waals surface area (Å²) >= 11 is 0. The van der Waals surface area contributed by atoms with Gasteiger partial charge in [-0.05, 0) is 15.8 Å². The summed E-state index contributed by atoms with van der Waals surface area (Å²) in [4.78, 5) is 0. The van der Waals surface area contributed by atoms with Gasteiger partial charge in [0.2, 0.25) is 0 Å². The van der Waals surface area contributed by atoms with Crippen molar-refractivity contribution in [3.05, 3.63) is 55.6 Å². The van der Waals surface area contributed by atoms with Crippen LogP contribution in [0, 0.1) is 100 Å². The van der Waals surface area contributed by atoms with Gasteiger partial charge in [-0.1, -0.05) is 69.2 Å². The van der Waals surface area contributed by atoms with Gasteiger partial charge in [-0.25, -0.2) is 0 Å². The van der Waals surface area contributed by atoms with Crippen LogP contribution in [0.1, 0.15) is 55.6 Å². The molecule has 0 saturated heterocycles. The predicted octanol–water partition coefficient (Wildman–Crippen LogP) is 7.83. The van der Waals surface area contributed by atoms with Gasteiger partial charge >= 0.3 is 0 Å². The first-order valence-corrected chi connectivity index (χ1v) is 16.1. The average Bonchev–Trinajstić information content (AvgIpc) is 2.91. The van der Waals surface area contributed by atoms with Gasteiger partial charge in [-0.3, -0.25) is 0 Å². The van der Waals surface area contributed by atoms with Gasteiger partial charge < -0.3 is 0 Å². The van der Waals surface area contributed by atoms with Crippen molar-refractivity contribution in [2.45, 2.75) is 69.2 Å². The fourth-order valence-corrected chi connectivity index (χ4v) is 7.31. The van der Waals surface area contributed by atoms with E-state index in [9.17, 15) is 0 Å². The van der Waals surface area contributed by atoms with Crippen LogP contribution in [0.15, 0.2) is 0 Å². The Morgan fingerprint density at radius 2 is 0.655 bits per heavy atom. The second-order valence-corrected chi connectivity index (χ2v) is 15.0. The Bertz CT molecular complexity index is 521. The van der Waals surface area contributed by atoms with E-state index in [2.05, 4.69) is 95.9 Å². The first-order valence-electron chi connectivity index (χ1n) is 10.7. The second-order valence-electron chi connectivity index (χ2n) is 9.16. The van der Waals surface area contributed by atoms with Crippen molar-refractivity contribution in [3.8, 4) is 0 Å². The molecule has 0 aliphatic heterocycles. The van der Waals surface area contributed by atoms with Gasteiger partial charge in [-0.2, -0.15) is 55.6 Å². The summed E-state index contributed by atoms with van der Waals surface area (Å²) in [6.07, 6.45) is 3.07. The number of hydrogen-bond donors (Lipinski definition) is 0. The molecule has 29 heavy (non-hydrogen) atoms. The third kappa shape index (κ3) is 9.74. The summed E-state index contributed by atoms with van der Waals surface area (Å²) in [5.74, 6) is 0. The average molecular weight is 661 g/mol. The second kappa shape index (κ2) is 14.6. The molecule has 0 heterocycles. The number of hydrogen-bond acceptors (Lipinski definition) is 0. The smallest absolute Gasteiger partial charge is 0.0899 e. The van der Waals surface area contributed by atoms with Crippen molar-refractivity contribution in [1.29, 1.82) is 0 Å². The maximum absolute atomic E-state index is 2.40. The molecular weight excluding hydrogens is 612 g/mol. The zero-order chi connectivity index (χ0) is 22.3. The summed E-state index contributed by atoms with van der Waals surface area (Å²) in [6, 6.07) is 0. The van der Waals surface area contributed by atoms with Crippen LogP contribution in [0.25, 0.3) is 0 Å². The van der Waals surface area contributed by atoms with E-state index in [4.69, 9.17) is 0 Å². The Kier molecular flexibility index (Phi) is 16.0. The number of rotatable bonds is 3. The van der Waals surface area contributed by atoms with E-state index in [0.29, 0.717) is 0 Å². The minimum Gasteiger partial charge on any atom is -0.196 e. The molecule has 2 rings (SSSR count). The molecular formula is C26H48P2U. The molecule has 0 unspecified atom stereocenters. The van der Waals surface area contributed by atoms with Crippen LogP contribution in [-0.4, -0.2) is 39.0 Å². The van der Waals surface area contributed by atoms with Crippen molar-refractivity contribution < 1.29 is 31.1 Å². The van der Waals surface area contributed by atoms with E-state index in [0.717, 1.165) is 0 Å². The van der Waals surface area contributed by atoms with E-state index in [1.165, 1.54) is 68.0 Å². The normalized spacial score (nSPS) is 10.3. The summed E-state index contributed by atoms with van der Waals surface area (Å²) in [5.41, 5.74) is 14.7. The maximum Gasteiger partial charge on any atom is 0.0899 e. The van der Waals surface area contributed by atoms with Crippen molar-refractivity contribution >= 4 is 15.8 Å². The summed E-state index contributed by atoms with van der Waals surface area (Å²) in [6.45, 7) is 31.6. The molecule has 3 heteroatoms. The predicted molar refractivity (Wildman–Crippen MR) is 141 cm³/mol. The minimum absolute atomic E-state index is 0. The van der Waals surface area contributed by atoms with Crippen molar-refractivity contribution in [1.82, 2.24) is 0 Å². The van der Waals surface area contributed by atoms with Crippen LogP contribution >= 0.6 is 15.8 Å². The topological polar surface area (TPSA) is 0 Å². The molecule has 0 spiro atoms. The molecule has 0 radical (unpaired) electrons. The van der Waals surface area contributed by atoms with Crippen LogP contribution in [0.3, 0.4) is 0 Å². The third-order valence-electron chi connectivity index (χ3n) is 6.75. The van der Waals surface area contributed by atoms with Gasteiger partial charge in [0.1, 0.15) is 0 Å². The molecule has 2 aromatic carbocycles.